The summed E-state index contributed by atoms with van der Waals surface area (Å²) in [7, 11) is 0. The lowest BCUT2D eigenvalue weighted by Crippen LogP contribution is -2.25. The van der Waals surface area contributed by atoms with Crippen molar-refractivity contribution in [3.8, 4) is 5.75 Å². The molecule has 0 saturated heterocycles. The maximum atomic E-state index is 14.0. The Morgan fingerprint density at radius 1 is 1.14 bits per heavy atom. The number of hydrogen-bond acceptors (Lipinski definition) is 5. The Labute approximate surface area is 172 Å². The molecule has 0 amide bonds. The fraction of sp³-hybridized carbons (Fsp3) is 0.333. The number of nitrogens with one attached hydrogen (secondary N) is 1. The van der Waals surface area contributed by atoms with Gasteiger partial charge in [-0.25, -0.2) is 14.4 Å². The van der Waals surface area contributed by atoms with Crippen LogP contribution in [0.5, 0.6) is 5.75 Å². The molecule has 4 rings (SSSR count). The molecule has 146 valence electrons. The standard InChI is InChI=1S/C21H21ClFN3OS/c22-17-4-2-5-18(20(17)23)27-16-9-7-14(8-10-16)13-15-3-1-6-19(25-15)26-21-24-11-12-28-21/h1-6,11-12,14,16H,7-10,13H2,(H,24,25,26). The van der Waals surface area contributed by atoms with Crippen molar-refractivity contribution in [2.45, 2.75) is 38.2 Å². The topological polar surface area (TPSA) is 47.0 Å². The van der Waals surface area contributed by atoms with Crippen LogP contribution < -0.4 is 10.1 Å². The van der Waals surface area contributed by atoms with Gasteiger partial charge >= 0.3 is 0 Å². The number of ether oxygens (including phenoxy) is 1. The highest BCUT2D eigenvalue weighted by Crippen LogP contribution is 2.32. The molecule has 7 heteroatoms. The number of aromatic nitrogens is 2. The summed E-state index contributed by atoms with van der Waals surface area (Å²) < 4.78 is 19.9. The number of hydrogen-bond donors (Lipinski definition) is 1. The molecule has 1 aromatic carbocycles. The molecule has 1 N–H and O–H groups in total. The zero-order valence-electron chi connectivity index (χ0n) is 15.3. The zero-order valence-corrected chi connectivity index (χ0v) is 16.8. The first-order chi connectivity index (χ1) is 13.7. The molecule has 1 saturated carbocycles. The molecule has 0 aliphatic heterocycles. The molecule has 0 bridgehead atoms. The Morgan fingerprint density at radius 2 is 1.96 bits per heavy atom. The minimum atomic E-state index is -0.472. The summed E-state index contributed by atoms with van der Waals surface area (Å²) in [6, 6.07) is 10.9. The van der Waals surface area contributed by atoms with Crippen molar-refractivity contribution in [3.05, 3.63) is 64.5 Å². The normalized spacial score (nSPS) is 19.4. The Morgan fingerprint density at radius 3 is 2.75 bits per heavy atom. The van der Waals surface area contributed by atoms with Crippen LogP contribution in [-0.2, 0) is 6.42 Å². The number of pyridine rings is 1. The van der Waals surface area contributed by atoms with Crippen molar-refractivity contribution >= 4 is 33.9 Å². The van der Waals surface area contributed by atoms with E-state index in [-0.39, 0.29) is 16.9 Å². The molecular formula is C21H21ClFN3OS. The van der Waals surface area contributed by atoms with Gasteiger partial charge in [0.15, 0.2) is 16.7 Å². The Bertz CT molecular complexity index is 914. The second-order valence-corrected chi connectivity index (χ2v) is 8.29. The fourth-order valence-electron chi connectivity index (χ4n) is 3.56. The quantitative estimate of drug-likeness (QED) is 0.514. The molecular weight excluding hydrogens is 397 g/mol. The van der Waals surface area contributed by atoms with Crippen LogP contribution in [0.1, 0.15) is 31.4 Å². The van der Waals surface area contributed by atoms with Crippen LogP contribution in [0.15, 0.2) is 48.0 Å². The van der Waals surface area contributed by atoms with Crippen molar-refractivity contribution in [2.75, 3.05) is 5.32 Å². The predicted octanol–water partition coefficient (Wildman–Crippen LogP) is 6.25. The van der Waals surface area contributed by atoms with Gasteiger partial charge < -0.3 is 10.1 Å². The van der Waals surface area contributed by atoms with E-state index in [1.807, 2.05) is 17.5 Å². The summed E-state index contributed by atoms with van der Waals surface area (Å²) in [6.45, 7) is 0. The van der Waals surface area contributed by atoms with Gasteiger partial charge in [-0.15, -0.1) is 11.3 Å². The Balaban J connectivity index is 1.30. The molecule has 1 aliphatic rings. The molecule has 3 aromatic rings. The van der Waals surface area contributed by atoms with E-state index in [0.717, 1.165) is 48.7 Å². The summed E-state index contributed by atoms with van der Waals surface area (Å²) in [4.78, 5) is 8.94. The lowest BCUT2D eigenvalue weighted by Gasteiger charge is -2.29. The van der Waals surface area contributed by atoms with E-state index < -0.39 is 5.82 Å². The highest BCUT2D eigenvalue weighted by atomic mass is 35.5. The van der Waals surface area contributed by atoms with Gasteiger partial charge in [0.2, 0.25) is 0 Å². The van der Waals surface area contributed by atoms with Gasteiger partial charge in [-0.05, 0) is 62.3 Å². The summed E-state index contributed by atoms with van der Waals surface area (Å²) in [5.74, 6) is 1.16. The predicted molar refractivity (Wildman–Crippen MR) is 111 cm³/mol. The van der Waals surface area contributed by atoms with Gasteiger partial charge in [0.1, 0.15) is 5.82 Å². The Hall–Kier alpha value is -2.18. The van der Waals surface area contributed by atoms with Crippen molar-refractivity contribution < 1.29 is 9.13 Å². The second-order valence-electron chi connectivity index (χ2n) is 6.99. The third-order valence-electron chi connectivity index (χ3n) is 4.98. The molecule has 0 spiro atoms. The van der Waals surface area contributed by atoms with Gasteiger partial charge in [-0.3, -0.25) is 0 Å². The zero-order chi connectivity index (χ0) is 19.3. The molecule has 0 atom stereocenters. The Kier molecular flexibility index (Phi) is 6.07. The lowest BCUT2D eigenvalue weighted by molar-refractivity contribution is 0.126. The number of benzene rings is 1. The van der Waals surface area contributed by atoms with Gasteiger partial charge in [-0.1, -0.05) is 23.7 Å². The molecule has 0 radical (unpaired) electrons. The third kappa shape index (κ3) is 4.80. The van der Waals surface area contributed by atoms with Gasteiger partial charge in [0.05, 0.1) is 11.1 Å². The molecule has 1 fully saturated rings. The first-order valence-corrected chi connectivity index (χ1v) is 10.7. The van der Waals surface area contributed by atoms with Crippen molar-refractivity contribution in [2.24, 2.45) is 5.92 Å². The average molecular weight is 418 g/mol. The molecule has 28 heavy (non-hydrogen) atoms. The fourth-order valence-corrected chi connectivity index (χ4v) is 4.26. The summed E-state index contributed by atoms with van der Waals surface area (Å²) in [6.07, 6.45) is 6.65. The highest BCUT2D eigenvalue weighted by Gasteiger charge is 2.24. The van der Waals surface area contributed by atoms with Crippen LogP contribution in [0, 0.1) is 11.7 Å². The maximum Gasteiger partial charge on any atom is 0.188 e. The van der Waals surface area contributed by atoms with E-state index in [1.54, 1.807) is 29.7 Å². The van der Waals surface area contributed by atoms with Crippen LogP contribution in [0.25, 0.3) is 0 Å². The van der Waals surface area contributed by atoms with E-state index in [2.05, 4.69) is 16.4 Å². The number of halogens is 2. The number of nitrogens with zero attached hydrogens (tertiary/aromatic N) is 2. The highest BCUT2D eigenvalue weighted by molar-refractivity contribution is 7.13. The minimum Gasteiger partial charge on any atom is -0.487 e. The smallest absolute Gasteiger partial charge is 0.188 e. The van der Waals surface area contributed by atoms with Crippen molar-refractivity contribution in [1.29, 1.82) is 0 Å². The number of anilines is 2. The number of rotatable bonds is 6. The molecule has 2 heterocycles. The van der Waals surface area contributed by atoms with Crippen LogP contribution in [0.4, 0.5) is 15.3 Å². The third-order valence-corrected chi connectivity index (χ3v) is 5.96. The lowest BCUT2D eigenvalue weighted by atomic mass is 9.84. The molecule has 2 aromatic heterocycles. The van der Waals surface area contributed by atoms with Crippen LogP contribution in [0.2, 0.25) is 5.02 Å². The summed E-state index contributed by atoms with van der Waals surface area (Å²) in [5.41, 5.74) is 1.08. The molecule has 1 aliphatic carbocycles. The first kappa shape index (κ1) is 19.2. The summed E-state index contributed by atoms with van der Waals surface area (Å²) in [5, 5.41) is 6.11. The SMILES string of the molecule is Fc1c(Cl)cccc1OC1CCC(Cc2cccc(Nc3nccs3)n2)CC1. The van der Waals surface area contributed by atoms with Gasteiger partial charge in [-0.2, -0.15) is 0 Å². The van der Waals surface area contributed by atoms with E-state index in [0.29, 0.717) is 5.92 Å². The van der Waals surface area contributed by atoms with E-state index >= 15 is 0 Å². The minimum absolute atomic E-state index is 0.0371. The van der Waals surface area contributed by atoms with E-state index in [4.69, 9.17) is 21.3 Å². The van der Waals surface area contributed by atoms with Crippen molar-refractivity contribution in [1.82, 2.24) is 9.97 Å². The first-order valence-electron chi connectivity index (χ1n) is 9.40. The van der Waals surface area contributed by atoms with Crippen LogP contribution in [0.3, 0.4) is 0 Å². The van der Waals surface area contributed by atoms with Gasteiger partial charge in [0.25, 0.3) is 0 Å². The van der Waals surface area contributed by atoms with Crippen LogP contribution >= 0.6 is 22.9 Å². The van der Waals surface area contributed by atoms with E-state index in [1.165, 1.54) is 6.07 Å². The second kappa shape index (κ2) is 8.88. The van der Waals surface area contributed by atoms with Crippen molar-refractivity contribution in [3.63, 3.8) is 0 Å². The number of thiazole rings is 1. The maximum absolute atomic E-state index is 14.0. The average Bonchev–Trinajstić information content (AvgIpc) is 3.20. The van der Waals surface area contributed by atoms with Gasteiger partial charge in [0, 0.05) is 17.3 Å². The van der Waals surface area contributed by atoms with Crippen LogP contribution in [-0.4, -0.2) is 16.1 Å². The monoisotopic (exact) mass is 417 g/mol. The van der Waals surface area contributed by atoms with E-state index in [9.17, 15) is 4.39 Å². The summed E-state index contributed by atoms with van der Waals surface area (Å²) >= 11 is 7.38. The molecule has 4 nitrogen and oxygen atoms in total. The molecule has 0 unspecified atom stereocenters. The largest absolute Gasteiger partial charge is 0.487 e.